The molecule has 20 heavy (non-hydrogen) atoms. The van der Waals surface area contributed by atoms with E-state index in [9.17, 15) is 13.2 Å². The number of rotatable bonds is 5. The smallest absolute Gasteiger partial charge is 0.303 e. The number of carboxylic acids is 1. The third kappa shape index (κ3) is 2.77. The molecular weight excluding hydrogens is 282 g/mol. The summed E-state index contributed by atoms with van der Waals surface area (Å²) < 4.78 is 29.8. The van der Waals surface area contributed by atoms with Crippen LogP contribution in [0.15, 0.2) is 24.4 Å². The van der Waals surface area contributed by atoms with Crippen LogP contribution in [0.3, 0.4) is 0 Å². The Kier molecular flexibility index (Phi) is 3.71. The van der Waals surface area contributed by atoms with Gasteiger partial charge < -0.3 is 9.84 Å². The van der Waals surface area contributed by atoms with Crippen molar-refractivity contribution in [2.45, 2.75) is 12.8 Å². The zero-order valence-corrected chi connectivity index (χ0v) is 12.0. The van der Waals surface area contributed by atoms with Gasteiger partial charge in [0.05, 0.1) is 18.9 Å². The highest BCUT2D eigenvalue weighted by Crippen LogP contribution is 2.27. The van der Waals surface area contributed by atoms with Gasteiger partial charge in [-0.3, -0.25) is 4.79 Å². The van der Waals surface area contributed by atoms with Crippen molar-refractivity contribution < 1.29 is 23.1 Å². The fourth-order valence-corrected chi connectivity index (χ4v) is 2.92. The first kappa shape index (κ1) is 14.4. The van der Waals surface area contributed by atoms with Gasteiger partial charge in [0, 0.05) is 18.0 Å². The highest BCUT2D eigenvalue weighted by atomic mass is 32.2. The van der Waals surface area contributed by atoms with E-state index in [0.29, 0.717) is 22.2 Å². The van der Waals surface area contributed by atoms with Gasteiger partial charge in [0.1, 0.15) is 5.75 Å². The fraction of sp³-hybridized carbons (Fsp3) is 0.308. The quantitative estimate of drug-likeness (QED) is 0.903. The Labute approximate surface area is 116 Å². The van der Waals surface area contributed by atoms with Gasteiger partial charge in [0.2, 0.25) is 10.0 Å². The predicted octanol–water partition coefficient (Wildman–Crippen LogP) is 1.47. The van der Waals surface area contributed by atoms with Gasteiger partial charge in [0.25, 0.3) is 0 Å². The molecular formula is C13H15NO5S. The number of nitrogens with zero attached hydrogens (tertiary/aromatic N) is 1. The van der Waals surface area contributed by atoms with Crippen molar-refractivity contribution in [3.8, 4) is 5.75 Å². The zero-order valence-electron chi connectivity index (χ0n) is 11.2. The molecule has 1 aromatic carbocycles. The average Bonchev–Trinajstić information content (AvgIpc) is 2.74. The number of aromatic nitrogens is 1. The number of hydrogen-bond donors (Lipinski definition) is 1. The van der Waals surface area contributed by atoms with Gasteiger partial charge in [-0.2, -0.15) is 0 Å². The van der Waals surface area contributed by atoms with Crippen LogP contribution in [0.4, 0.5) is 0 Å². The number of methoxy groups -OCH3 is 1. The minimum Gasteiger partial charge on any atom is -0.497 e. The van der Waals surface area contributed by atoms with Crippen LogP contribution in [0.2, 0.25) is 0 Å². The van der Waals surface area contributed by atoms with Crippen LogP contribution in [0.5, 0.6) is 5.75 Å². The van der Waals surface area contributed by atoms with E-state index in [1.165, 1.54) is 17.3 Å². The highest BCUT2D eigenvalue weighted by molar-refractivity contribution is 7.89. The van der Waals surface area contributed by atoms with Crippen molar-refractivity contribution in [3.05, 3.63) is 30.0 Å². The molecule has 0 saturated heterocycles. The van der Waals surface area contributed by atoms with E-state index in [-0.39, 0.29) is 12.8 Å². The third-order valence-electron chi connectivity index (χ3n) is 3.03. The summed E-state index contributed by atoms with van der Waals surface area (Å²) in [6.07, 6.45) is 2.79. The van der Waals surface area contributed by atoms with Crippen molar-refractivity contribution in [1.29, 1.82) is 0 Å². The van der Waals surface area contributed by atoms with Gasteiger partial charge >= 0.3 is 5.97 Å². The maximum absolute atomic E-state index is 11.8. The molecule has 0 atom stereocenters. The van der Waals surface area contributed by atoms with Crippen molar-refractivity contribution in [1.82, 2.24) is 3.97 Å². The third-order valence-corrected chi connectivity index (χ3v) is 4.04. The second-order valence-corrected chi connectivity index (χ2v) is 6.35. The summed E-state index contributed by atoms with van der Waals surface area (Å²) in [7, 11) is -1.92. The van der Waals surface area contributed by atoms with Gasteiger partial charge in [0.15, 0.2) is 0 Å². The van der Waals surface area contributed by atoms with Crippen molar-refractivity contribution >= 4 is 26.9 Å². The van der Waals surface area contributed by atoms with Crippen molar-refractivity contribution in [2.75, 3.05) is 13.4 Å². The summed E-state index contributed by atoms with van der Waals surface area (Å²) in [4.78, 5) is 10.7. The SMILES string of the molecule is COc1ccc2c(c1)c(CCC(=O)O)cn2S(C)(=O)=O. The molecule has 0 aliphatic carbocycles. The standard InChI is InChI=1S/C13H15NO5S/c1-19-10-4-5-12-11(7-10)9(3-6-13(15)16)8-14(12)20(2,17)18/h4-5,7-8H,3,6H2,1-2H3,(H,15,16). The topological polar surface area (TPSA) is 85.6 Å². The molecule has 1 heterocycles. The molecule has 1 aromatic heterocycles. The van der Waals surface area contributed by atoms with Crippen molar-refractivity contribution in [3.63, 3.8) is 0 Å². The molecule has 0 aliphatic rings. The van der Waals surface area contributed by atoms with Gasteiger partial charge in [-0.05, 0) is 30.2 Å². The molecule has 0 fully saturated rings. The monoisotopic (exact) mass is 297 g/mol. The summed E-state index contributed by atoms with van der Waals surface area (Å²) in [6, 6.07) is 5.04. The van der Waals surface area contributed by atoms with Crippen LogP contribution in [0.25, 0.3) is 10.9 Å². The Balaban J connectivity index is 2.63. The Morgan fingerprint density at radius 1 is 1.40 bits per heavy atom. The summed E-state index contributed by atoms with van der Waals surface area (Å²) in [5.74, 6) is -0.325. The van der Waals surface area contributed by atoms with Crippen molar-refractivity contribution in [2.24, 2.45) is 0 Å². The first-order valence-corrected chi connectivity index (χ1v) is 7.78. The lowest BCUT2D eigenvalue weighted by Crippen LogP contribution is -2.08. The molecule has 0 amide bonds. The lowest BCUT2D eigenvalue weighted by atomic mass is 10.1. The van der Waals surface area contributed by atoms with Crippen LogP contribution in [0.1, 0.15) is 12.0 Å². The number of fused-ring (bicyclic) bond motifs is 1. The number of aliphatic carboxylic acids is 1. The minimum atomic E-state index is -3.44. The molecule has 0 radical (unpaired) electrons. The van der Waals surface area contributed by atoms with Crippen LogP contribution in [-0.4, -0.2) is 36.8 Å². The van der Waals surface area contributed by atoms with Crippen LogP contribution >= 0.6 is 0 Å². The lowest BCUT2D eigenvalue weighted by molar-refractivity contribution is -0.136. The Morgan fingerprint density at radius 2 is 2.10 bits per heavy atom. The number of ether oxygens (including phenoxy) is 1. The molecule has 0 saturated carbocycles. The maximum atomic E-state index is 11.8. The van der Waals surface area contributed by atoms with E-state index in [1.807, 2.05) is 0 Å². The van der Waals surface area contributed by atoms with E-state index < -0.39 is 16.0 Å². The lowest BCUT2D eigenvalue weighted by Gasteiger charge is -2.03. The first-order chi connectivity index (χ1) is 9.32. The highest BCUT2D eigenvalue weighted by Gasteiger charge is 2.16. The number of carbonyl (C=O) groups is 1. The van der Waals surface area contributed by atoms with Gasteiger partial charge in [-0.25, -0.2) is 12.4 Å². The molecule has 0 spiro atoms. The van der Waals surface area contributed by atoms with E-state index in [0.717, 1.165) is 6.26 Å². The van der Waals surface area contributed by atoms with Gasteiger partial charge in [-0.1, -0.05) is 0 Å². The second kappa shape index (κ2) is 5.16. The van der Waals surface area contributed by atoms with E-state index in [4.69, 9.17) is 9.84 Å². The number of benzene rings is 1. The van der Waals surface area contributed by atoms with E-state index in [2.05, 4.69) is 0 Å². The molecule has 0 bridgehead atoms. The number of carboxylic acid groups (broad SMARTS) is 1. The van der Waals surface area contributed by atoms with Crippen LogP contribution in [0, 0.1) is 0 Å². The molecule has 6 nitrogen and oxygen atoms in total. The molecule has 108 valence electrons. The summed E-state index contributed by atoms with van der Waals surface area (Å²) in [5, 5.41) is 9.46. The molecule has 2 rings (SSSR count). The molecule has 0 unspecified atom stereocenters. The molecule has 7 heteroatoms. The average molecular weight is 297 g/mol. The minimum absolute atomic E-state index is 0.0555. The fourth-order valence-electron chi connectivity index (χ4n) is 2.09. The summed E-state index contributed by atoms with van der Waals surface area (Å²) in [5.41, 5.74) is 1.19. The summed E-state index contributed by atoms with van der Waals surface area (Å²) >= 11 is 0. The normalized spacial score (nSPS) is 11.7. The molecule has 2 aromatic rings. The Morgan fingerprint density at radius 3 is 2.65 bits per heavy atom. The van der Waals surface area contributed by atoms with E-state index in [1.54, 1.807) is 18.2 Å². The number of hydrogen-bond acceptors (Lipinski definition) is 4. The van der Waals surface area contributed by atoms with Gasteiger partial charge in [-0.15, -0.1) is 0 Å². The maximum Gasteiger partial charge on any atom is 0.303 e. The number of aryl methyl sites for hydroxylation is 1. The second-order valence-electron chi connectivity index (χ2n) is 4.49. The zero-order chi connectivity index (χ0) is 14.9. The Hall–Kier alpha value is -2.02. The largest absolute Gasteiger partial charge is 0.497 e. The summed E-state index contributed by atoms with van der Waals surface area (Å²) in [6.45, 7) is 0. The van der Waals surface area contributed by atoms with E-state index >= 15 is 0 Å². The molecule has 0 aliphatic heterocycles. The van der Waals surface area contributed by atoms with Crippen LogP contribution < -0.4 is 4.74 Å². The first-order valence-electron chi connectivity index (χ1n) is 5.93. The predicted molar refractivity (Wildman–Crippen MR) is 74.7 cm³/mol. The van der Waals surface area contributed by atoms with Crippen LogP contribution in [-0.2, 0) is 21.2 Å². The molecule has 1 N–H and O–H groups in total. The Bertz CT molecular complexity index is 760.